The van der Waals surface area contributed by atoms with Gasteiger partial charge in [-0.25, -0.2) is 0 Å². The molecule has 5 nitrogen and oxygen atoms in total. The maximum atomic E-state index is 9.23. The Bertz CT molecular complexity index is 150. The Labute approximate surface area is 75.0 Å². The van der Waals surface area contributed by atoms with Crippen molar-refractivity contribution in [3.63, 3.8) is 0 Å². The molecule has 0 amide bonds. The number of ether oxygens (including phenoxy) is 1. The molecule has 1 rings (SSSR count). The molecule has 1 aliphatic heterocycles. The van der Waals surface area contributed by atoms with E-state index in [-0.39, 0.29) is 5.75 Å². The van der Waals surface area contributed by atoms with Crippen LogP contribution in [0.3, 0.4) is 0 Å². The quantitative estimate of drug-likeness (QED) is 0.305. The van der Waals surface area contributed by atoms with Gasteiger partial charge in [0.15, 0.2) is 6.29 Å². The third-order valence-corrected chi connectivity index (χ3v) is 2.23. The summed E-state index contributed by atoms with van der Waals surface area (Å²) in [5.74, 6) is 0.169. The van der Waals surface area contributed by atoms with Crippen LogP contribution in [0.15, 0.2) is 0 Å². The maximum Gasteiger partial charge on any atom is 0.183 e. The molecule has 1 aliphatic rings. The van der Waals surface area contributed by atoms with Crippen LogP contribution < -0.4 is 0 Å². The Hall–Kier alpha value is 0.150. The molecular formula is C6H12O5S. The van der Waals surface area contributed by atoms with E-state index in [1.807, 2.05) is 0 Å². The van der Waals surface area contributed by atoms with Crippen molar-refractivity contribution in [1.29, 1.82) is 0 Å². The van der Waals surface area contributed by atoms with Gasteiger partial charge in [-0.2, -0.15) is 12.6 Å². The molecular weight excluding hydrogens is 184 g/mol. The molecule has 4 N–H and O–H groups in total. The number of aliphatic hydroxyl groups excluding tert-OH is 4. The van der Waals surface area contributed by atoms with Crippen LogP contribution in [-0.2, 0) is 4.74 Å². The second-order valence-electron chi connectivity index (χ2n) is 2.72. The van der Waals surface area contributed by atoms with Crippen LogP contribution in [0.1, 0.15) is 0 Å². The molecule has 0 saturated carbocycles. The molecule has 0 bridgehead atoms. The molecule has 0 aromatic carbocycles. The van der Waals surface area contributed by atoms with Gasteiger partial charge in [-0.1, -0.05) is 0 Å². The van der Waals surface area contributed by atoms with Crippen molar-refractivity contribution < 1.29 is 25.2 Å². The highest BCUT2D eigenvalue weighted by molar-refractivity contribution is 7.80. The first-order chi connectivity index (χ1) is 5.57. The van der Waals surface area contributed by atoms with Gasteiger partial charge < -0.3 is 25.2 Å². The third kappa shape index (κ3) is 1.73. The summed E-state index contributed by atoms with van der Waals surface area (Å²) >= 11 is 3.84. The lowest BCUT2D eigenvalue weighted by atomic mass is 10.0. The number of rotatable bonds is 1. The number of thiol groups is 1. The predicted octanol–water partition coefficient (Wildman–Crippen LogP) is -2.28. The topological polar surface area (TPSA) is 90.2 Å². The number of hydrogen-bond acceptors (Lipinski definition) is 6. The average Bonchev–Trinajstić information content (AvgIpc) is 2.08. The first kappa shape index (κ1) is 10.2. The molecule has 1 fully saturated rings. The van der Waals surface area contributed by atoms with E-state index in [9.17, 15) is 5.11 Å². The summed E-state index contributed by atoms with van der Waals surface area (Å²) in [7, 11) is 0. The molecule has 0 aromatic heterocycles. The van der Waals surface area contributed by atoms with Gasteiger partial charge >= 0.3 is 0 Å². The van der Waals surface area contributed by atoms with Crippen molar-refractivity contribution in [2.45, 2.75) is 30.7 Å². The Morgan fingerprint density at radius 1 is 1.00 bits per heavy atom. The van der Waals surface area contributed by atoms with E-state index in [1.54, 1.807) is 0 Å². The molecule has 6 heteroatoms. The minimum atomic E-state index is -1.46. The zero-order valence-corrected chi connectivity index (χ0v) is 7.13. The van der Waals surface area contributed by atoms with Crippen molar-refractivity contribution in [3.8, 4) is 0 Å². The van der Waals surface area contributed by atoms with Gasteiger partial charge in [0.05, 0.1) is 6.10 Å². The first-order valence-electron chi connectivity index (χ1n) is 3.56. The monoisotopic (exact) mass is 196 g/mol. The lowest BCUT2D eigenvalue weighted by Crippen LogP contribution is -2.57. The van der Waals surface area contributed by atoms with E-state index >= 15 is 0 Å². The summed E-state index contributed by atoms with van der Waals surface area (Å²) in [6, 6.07) is 0. The molecule has 0 aromatic rings. The summed E-state index contributed by atoms with van der Waals surface area (Å²) < 4.78 is 4.75. The van der Waals surface area contributed by atoms with E-state index in [0.717, 1.165) is 0 Å². The molecule has 1 saturated heterocycles. The molecule has 12 heavy (non-hydrogen) atoms. The van der Waals surface area contributed by atoms with Gasteiger partial charge in [0, 0.05) is 5.75 Å². The Morgan fingerprint density at radius 3 is 2.08 bits per heavy atom. The summed E-state index contributed by atoms with van der Waals surface area (Å²) in [4.78, 5) is 0. The third-order valence-electron chi connectivity index (χ3n) is 1.87. The van der Waals surface area contributed by atoms with E-state index in [1.165, 1.54) is 0 Å². The Morgan fingerprint density at radius 2 is 1.58 bits per heavy atom. The van der Waals surface area contributed by atoms with Gasteiger partial charge in [-0.15, -0.1) is 0 Å². The van der Waals surface area contributed by atoms with Gasteiger partial charge in [0.1, 0.15) is 18.3 Å². The van der Waals surface area contributed by atoms with Crippen LogP contribution >= 0.6 is 12.6 Å². The highest BCUT2D eigenvalue weighted by Crippen LogP contribution is 2.20. The molecule has 0 aliphatic carbocycles. The van der Waals surface area contributed by atoms with Crippen LogP contribution in [-0.4, -0.2) is 56.9 Å². The second-order valence-corrected chi connectivity index (χ2v) is 3.08. The fraction of sp³-hybridized carbons (Fsp3) is 1.00. The largest absolute Gasteiger partial charge is 0.388 e. The Balaban J connectivity index is 2.63. The van der Waals surface area contributed by atoms with Crippen LogP contribution in [0.2, 0.25) is 0 Å². The van der Waals surface area contributed by atoms with Crippen molar-refractivity contribution in [2.75, 3.05) is 5.75 Å². The van der Waals surface area contributed by atoms with Gasteiger partial charge in [-0.05, 0) is 0 Å². The van der Waals surface area contributed by atoms with Gasteiger partial charge in [-0.3, -0.25) is 0 Å². The van der Waals surface area contributed by atoms with Gasteiger partial charge in [0.25, 0.3) is 0 Å². The highest BCUT2D eigenvalue weighted by atomic mass is 32.1. The van der Waals surface area contributed by atoms with E-state index in [2.05, 4.69) is 12.6 Å². The maximum absolute atomic E-state index is 9.23. The van der Waals surface area contributed by atoms with Crippen LogP contribution in [0, 0.1) is 0 Å². The molecule has 72 valence electrons. The molecule has 1 heterocycles. The summed E-state index contributed by atoms with van der Waals surface area (Å²) in [6.45, 7) is 0. The fourth-order valence-electron chi connectivity index (χ4n) is 1.08. The summed E-state index contributed by atoms with van der Waals surface area (Å²) in [5, 5.41) is 36.4. The van der Waals surface area contributed by atoms with Crippen molar-refractivity contribution in [3.05, 3.63) is 0 Å². The standard InChI is InChI=1S/C6H12O5S/c7-3-2(1-12)11-6(10)5(9)4(3)8/h2-10,12H,1H2/t2-,3-,4+,5-,6+/m1/s1. The minimum absolute atomic E-state index is 0.169. The number of hydrogen-bond donors (Lipinski definition) is 5. The molecule has 0 spiro atoms. The zero-order valence-electron chi connectivity index (χ0n) is 6.24. The number of aliphatic hydroxyl groups is 4. The van der Waals surface area contributed by atoms with Crippen molar-refractivity contribution in [2.24, 2.45) is 0 Å². The Kier molecular flexibility index (Phi) is 3.33. The van der Waals surface area contributed by atoms with Crippen molar-refractivity contribution in [1.82, 2.24) is 0 Å². The summed E-state index contributed by atoms with van der Waals surface area (Å²) in [6.07, 6.45) is -6.26. The second kappa shape index (κ2) is 3.91. The zero-order chi connectivity index (χ0) is 9.30. The lowest BCUT2D eigenvalue weighted by Gasteiger charge is -2.37. The molecule has 0 radical (unpaired) electrons. The minimum Gasteiger partial charge on any atom is -0.388 e. The first-order valence-corrected chi connectivity index (χ1v) is 4.19. The van der Waals surface area contributed by atoms with Gasteiger partial charge in [0.2, 0.25) is 0 Å². The smallest absolute Gasteiger partial charge is 0.183 e. The lowest BCUT2D eigenvalue weighted by molar-refractivity contribution is -0.276. The molecule has 5 atom stereocenters. The van der Waals surface area contributed by atoms with E-state index in [4.69, 9.17) is 20.1 Å². The van der Waals surface area contributed by atoms with Crippen LogP contribution in [0.25, 0.3) is 0 Å². The fourth-order valence-corrected chi connectivity index (χ4v) is 1.38. The van der Waals surface area contributed by atoms with Crippen LogP contribution in [0.4, 0.5) is 0 Å². The van der Waals surface area contributed by atoms with E-state index in [0.29, 0.717) is 0 Å². The van der Waals surface area contributed by atoms with Crippen molar-refractivity contribution >= 4 is 12.6 Å². The molecule has 0 unspecified atom stereocenters. The highest BCUT2D eigenvalue weighted by Gasteiger charge is 2.42. The van der Waals surface area contributed by atoms with E-state index < -0.39 is 30.7 Å². The predicted molar refractivity (Wildman–Crippen MR) is 42.8 cm³/mol. The normalized spacial score (nSPS) is 49.2. The van der Waals surface area contributed by atoms with Crippen LogP contribution in [0.5, 0.6) is 0 Å². The average molecular weight is 196 g/mol. The SMILES string of the molecule is O[C@@H]1[C@@H](O)[C@@H](O)O[C@H](CS)[C@H]1O. The summed E-state index contributed by atoms with van der Waals surface area (Å²) in [5.41, 5.74) is 0.